The Bertz CT molecular complexity index is 855. The minimum absolute atomic E-state index is 0.321. The molecule has 1 aromatic carbocycles. The number of hydrogen-bond donors (Lipinski definition) is 1. The number of fused-ring (bicyclic) bond motifs is 1. The van der Waals surface area contributed by atoms with Crippen molar-refractivity contribution in [3.63, 3.8) is 0 Å². The molecule has 2 heterocycles. The smallest absolute Gasteiger partial charge is 0.178 e. The maximum absolute atomic E-state index is 13.5. The molecule has 0 aliphatic carbocycles. The van der Waals surface area contributed by atoms with Crippen LogP contribution in [0.4, 0.5) is 4.39 Å². The largest absolute Gasteiger partial charge is 0.330 e. The lowest BCUT2D eigenvalue weighted by molar-refractivity contribution is 0.622. The van der Waals surface area contributed by atoms with Gasteiger partial charge in [-0.1, -0.05) is 0 Å². The van der Waals surface area contributed by atoms with Crippen LogP contribution in [-0.2, 0) is 6.54 Å². The van der Waals surface area contributed by atoms with Gasteiger partial charge < -0.3 is 9.55 Å². The van der Waals surface area contributed by atoms with E-state index in [1.165, 1.54) is 6.07 Å². The van der Waals surface area contributed by atoms with E-state index in [-0.39, 0.29) is 5.82 Å². The first-order valence-electron chi connectivity index (χ1n) is 5.90. The molecule has 0 saturated carbocycles. The number of aromatic amines is 1. The summed E-state index contributed by atoms with van der Waals surface area (Å²) in [6.07, 6.45) is 1.71. The fraction of sp³-hybridized carbons (Fsp3) is 0.154. The van der Waals surface area contributed by atoms with Gasteiger partial charge in [-0.05, 0) is 47.2 Å². The maximum atomic E-state index is 13.5. The molecular formula is C13H10BrFN4S. The number of benzene rings is 1. The van der Waals surface area contributed by atoms with Gasteiger partial charge in [0, 0.05) is 12.3 Å². The van der Waals surface area contributed by atoms with Gasteiger partial charge in [0.1, 0.15) is 11.6 Å². The van der Waals surface area contributed by atoms with E-state index in [0.717, 1.165) is 11.2 Å². The van der Waals surface area contributed by atoms with Crippen LogP contribution in [0.2, 0.25) is 0 Å². The summed E-state index contributed by atoms with van der Waals surface area (Å²) in [5.74, 6) is 0.389. The summed E-state index contributed by atoms with van der Waals surface area (Å²) in [7, 11) is 0. The number of hydrogen-bond acceptors (Lipinski definition) is 3. The molecule has 0 bridgehead atoms. The van der Waals surface area contributed by atoms with Crippen LogP contribution in [0, 0.1) is 17.5 Å². The molecule has 0 spiro atoms. The number of rotatable bonds is 2. The van der Waals surface area contributed by atoms with Crippen molar-refractivity contribution in [2.75, 3.05) is 0 Å². The van der Waals surface area contributed by atoms with Crippen LogP contribution < -0.4 is 0 Å². The molecule has 102 valence electrons. The average Bonchev–Trinajstić information content (AvgIpc) is 2.67. The fourth-order valence-electron chi connectivity index (χ4n) is 2.06. The average molecular weight is 353 g/mol. The van der Waals surface area contributed by atoms with Crippen molar-refractivity contribution in [3.8, 4) is 0 Å². The van der Waals surface area contributed by atoms with Crippen molar-refractivity contribution >= 4 is 39.2 Å². The van der Waals surface area contributed by atoms with Crippen molar-refractivity contribution in [1.29, 1.82) is 0 Å². The van der Waals surface area contributed by atoms with E-state index in [2.05, 4.69) is 30.9 Å². The van der Waals surface area contributed by atoms with E-state index in [1.54, 1.807) is 12.3 Å². The third-order valence-electron chi connectivity index (χ3n) is 2.97. The van der Waals surface area contributed by atoms with Gasteiger partial charge in [-0.15, -0.1) is 0 Å². The van der Waals surface area contributed by atoms with Crippen LogP contribution in [-0.4, -0.2) is 19.5 Å². The minimum Gasteiger partial charge on any atom is -0.330 e. The summed E-state index contributed by atoms with van der Waals surface area (Å²) in [5, 5.41) is 0. The van der Waals surface area contributed by atoms with Crippen LogP contribution >= 0.6 is 28.1 Å². The molecule has 0 aliphatic heterocycles. The number of aromatic nitrogens is 4. The minimum atomic E-state index is -0.321. The monoisotopic (exact) mass is 352 g/mol. The van der Waals surface area contributed by atoms with Crippen molar-refractivity contribution in [2.45, 2.75) is 13.5 Å². The van der Waals surface area contributed by atoms with E-state index < -0.39 is 0 Å². The highest BCUT2D eigenvalue weighted by atomic mass is 79.9. The summed E-state index contributed by atoms with van der Waals surface area (Å²) in [4.78, 5) is 11.4. The molecule has 0 aliphatic rings. The number of nitrogens with zero attached hydrogens (tertiary/aromatic N) is 3. The molecule has 3 aromatic rings. The quantitative estimate of drug-likeness (QED) is 0.714. The molecule has 0 radical (unpaired) electrons. The summed E-state index contributed by atoms with van der Waals surface area (Å²) in [6.45, 7) is 2.35. The first kappa shape index (κ1) is 13.4. The van der Waals surface area contributed by atoms with Gasteiger partial charge in [0.25, 0.3) is 0 Å². The Morgan fingerprint density at radius 2 is 2.25 bits per heavy atom. The second-order valence-corrected chi connectivity index (χ2v) is 5.64. The molecule has 4 nitrogen and oxygen atoms in total. The maximum Gasteiger partial charge on any atom is 0.178 e. The summed E-state index contributed by atoms with van der Waals surface area (Å²) >= 11 is 8.49. The van der Waals surface area contributed by atoms with E-state index in [0.29, 0.717) is 27.1 Å². The van der Waals surface area contributed by atoms with Gasteiger partial charge >= 0.3 is 0 Å². The number of imidazole rings is 1. The summed E-state index contributed by atoms with van der Waals surface area (Å²) in [5.41, 5.74) is 2.36. The van der Waals surface area contributed by atoms with Crippen molar-refractivity contribution in [3.05, 3.63) is 51.0 Å². The molecule has 0 saturated heterocycles. The van der Waals surface area contributed by atoms with Gasteiger partial charge in [0.2, 0.25) is 0 Å². The first-order chi connectivity index (χ1) is 9.54. The lowest BCUT2D eigenvalue weighted by atomic mass is 10.3. The normalized spacial score (nSPS) is 11.2. The van der Waals surface area contributed by atoms with E-state index in [1.807, 2.05) is 17.6 Å². The lowest BCUT2D eigenvalue weighted by Gasteiger charge is -2.05. The zero-order valence-corrected chi connectivity index (χ0v) is 12.9. The van der Waals surface area contributed by atoms with Gasteiger partial charge in [-0.2, -0.15) is 0 Å². The molecule has 0 atom stereocenters. The Labute approximate surface area is 127 Å². The van der Waals surface area contributed by atoms with Crippen molar-refractivity contribution < 1.29 is 4.39 Å². The zero-order valence-electron chi connectivity index (χ0n) is 10.5. The van der Waals surface area contributed by atoms with Crippen molar-refractivity contribution in [1.82, 2.24) is 19.5 Å². The summed E-state index contributed by atoms with van der Waals surface area (Å²) < 4.78 is 16.4. The first-order valence-corrected chi connectivity index (χ1v) is 7.11. The number of nitrogens with one attached hydrogen (secondary N) is 1. The third-order valence-corrected chi connectivity index (χ3v) is 3.90. The molecule has 2 aromatic heterocycles. The number of H-pyrrole nitrogens is 1. The molecule has 7 heteroatoms. The Kier molecular flexibility index (Phi) is 3.39. The molecule has 0 amide bonds. The van der Waals surface area contributed by atoms with E-state index in [4.69, 9.17) is 12.2 Å². The number of aryl methyl sites for hydroxylation is 1. The molecular weight excluding hydrogens is 343 g/mol. The van der Waals surface area contributed by atoms with Gasteiger partial charge in [-0.25, -0.2) is 14.4 Å². The van der Waals surface area contributed by atoms with Gasteiger partial charge in [0.05, 0.1) is 27.7 Å². The summed E-state index contributed by atoms with van der Waals surface area (Å²) in [6, 6.07) is 4.98. The van der Waals surface area contributed by atoms with E-state index in [9.17, 15) is 4.39 Å². The van der Waals surface area contributed by atoms with Crippen LogP contribution in [0.25, 0.3) is 11.0 Å². The predicted molar refractivity (Wildman–Crippen MR) is 80.7 cm³/mol. The standard InChI is InChI=1S/C13H10BrFN4S/c1-7-16-3-2-8(17-7)6-19-12-4-9(14)10(15)5-11(12)18-13(19)20/h2-5H,6H2,1H3,(H,18,20). The van der Waals surface area contributed by atoms with Crippen LogP contribution in [0.1, 0.15) is 11.5 Å². The highest BCUT2D eigenvalue weighted by molar-refractivity contribution is 9.10. The Balaban J connectivity index is 2.14. The SMILES string of the molecule is Cc1nccc(Cn2c(=S)[nH]c3cc(F)c(Br)cc32)n1. The van der Waals surface area contributed by atoms with E-state index >= 15 is 0 Å². The lowest BCUT2D eigenvalue weighted by Crippen LogP contribution is -2.03. The highest BCUT2D eigenvalue weighted by Crippen LogP contribution is 2.23. The third kappa shape index (κ3) is 2.38. The predicted octanol–water partition coefficient (Wildman–Crippen LogP) is 3.75. The Hall–Kier alpha value is -1.60. The van der Waals surface area contributed by atoms with Gasteiger partial charge in [0.15, 0.2) is 4.77 Å². The molecule has 0 fully saturated rings. The molecule has 20 heavy (non-hydrogen) atoms. The van der Waals surface area contributed by atoms with Crippen LogP contribution in [0.15, 0.2) is 28.9 Å². The van der Waals surface area contributed by atoms with Crippen LogP contribution in [0.3, 0.4) is 0 Å². The highest BCUT2D eigenvalue weighted by Gasteiger charge is 2.09. The zero-order chi connectivity index (χ0) is 14.3. The van der Waals surface area contributed by atoms with Crippen molar-refractivity contribution in [2.24, 2.45) is 0 Å². The fourth-order valence-corrected chi connectivity index (χ4v) is 2.67. The molecule has 0 unspecified atom stereocenters. The Morgan fingerprint density at radius 3 is 3.00 bits per heavy atom. The second kappa shape index (κ2) is 5.06. The second-order valence-electron chi connectivity index (χ2n) is 4.39. The topological polar surface area (TPSA) is 46.5 Å². The van der Waals surface area contributed by atoms with Crippen LogP contribution in [0.5, 0.6) is 0 Å². The van der Waals surface area contributed by atoms with Gasteiger partial charge in [-0.3, -0.25) is 0 Å². The molecule has 1 N–H and O–H groups in total. The molecule has 3 rings (SSSR count). The number of halogens is 2. The Morgan fingerprint density at radius 1 is 1.45 bits per heavy atom.